The summed E-state index contributed by atoms with van der Waals surface area (Å²) in [5.74, 6) is -4.09. The second-order valence-corrected chi connectivity index (χ2v) is 12.3. The predicted molar refractivity (Wildman–Crippen MR) is 146 cm³/mol. The topological polar surface area (TPSA) is 144 Å². The average molecular weight is 560 g/mol. The highest BCUT2D eigenvalue weighted by Crippen LogP contribution is 2.38. The van der Waals surface area contributed by atoms with Gasteiger partial charge in [-0.05, 0) is 54.0 Å². The van der Waals surface area contributed by atoms with E-state index in [0.29, 0.717) is 6.42 Å². The quantitative estimate of drug-likeness (QED) is 0.370. The van der Waals surface area contributed by atoms with Gasteiger partial charge in [0.25, 0.3) is 0 Å². The van der Waals surface area contributed by atoms with E-state index in [2.05, 4.69) is 5.32 Å². The third kappa shape index (κ3) is 7.58. The smallest absolute Gasteiger partial charge is 0.311 e. The summed E-state index contributed by atoms with van der Waals surface area (Å²) < 4.78 is 24.4. The monoisotopic (exact) mass is 559 g/mol. The number of rotatable bonds is 5. The molecular formula is C29H53NO9. The van der Waals surface area contributed by atoms with E-state index < -0.39 is 71.5 Å². The Morgan fingerprint density at radius 2 is 1.67 bits per heavy atom. The molecule has 4 N–H and O–H groups in total. The van der Waals surface area contributed by atoms with Crippen LogP contribution in [0, 0.1) is 23.7 Å². The minimum Gasteiger partial charge on any atom is -0.459 e. The number of methoxy groups -OCH3 is 1. The minimum atomic E-state index is -1.88. The fourth-order valence-corrected chi connectivity index (χ4v) is 6.37. The minimum absolute atomic E-state index is 0.0516. The van der Waals surface area contributed by atoms with Gasteiger partial charge in [0, 0.05) is 37.3 Å². The van der Waals surface area contributed by atoms with Crippen LogP contribution in [0.1, 0.15) is 81.1 Å². The second-order valence-electron chi connectivity index (χ2n) is 12.3. The lowest BCUT2D eigenvalue weighted by molar-refractivity contribution is -0.268. The van der Waals surface area contributed by atoms with Crippen LogP contribution in [-0.4, -0.2) is 95.3 Å². The molecule has 0 aromatic heterocycles. The van der Waals surface area contributed by atoms with Crippen LogP contribution in [-0.2, 0) is 28.5 Å². The number of Topliss-reactive ketones (excluding diaryl/α,β-unsaturated/α-hetero) is 1. The maximum Gasteiger partial charge on any atom is 0.311 e. The molecule has 2 aliphatic rings. The number of ketones is 1. The van der Waals surface area contributed by atoms with Crippen molar-refractivity contribution in [2.24, 2.45) is 23.7 Å². The van der Waals surface area contributed by atoms with Gasteiger partial charge in [0.05, 0.1) is 35.9 Å². The number of nitrogens with one attached hydrogen (secondary N) is 1. The Bertz CT molecular complexity index is 823. The Balaban J connectivity index is 2.56. The van der Waals surface area contributed by atoms with Crippen LogP contribution in [0.5, 0.6) is 0 Å². The van der Waals surface area contributed by atoms with Crippen LogP contribution >= 0.6 is 0 Å². The molecule has 13 atom stereocenters. The normalized spacial score (nSPS) is 47.4. The van der Waals surface area contributed by atoms with Gasteiger partial charge in [0.2, 0.25) is 0 Å². The van der Waals surface area contributed by atoms with E-state index >= 15 is 0 Å². The van der Waals surface area contributed by atoms with Crippen molar-refractivity contribution >= 4 is 11.8 Å². The molecule has 10 heteroatoms. The molecular weight excluding hydrogens is 506 g/mol. The summed E-state index contributed by atoms with van der Waals surface area (Å²) in [5, 5.41) is 37.1. The van der Waals surface area contributed by atoms with E-state index in [-0.39, 0.29) is 30.8 Å². The van der Waals surface area contributed by atoms with E-state index in [1.54, 1.807) is 34.6 Å². The SMILES string of the molecule is CC[C@H]1OC(=O)[C@H](C)[C@@H](O)[C@H](C)[C@@H](O[C@H]2C[C@@H](NC)C[C@@H](C)O2)[C@](C)(OC)C[C@@H](C)C(=O)[C@H](C)[C@@H](O)[C@]1(C)O. The molecule has 0 bridgehead atoms. The summed E-state index contributed by atoms with van der Waals surface area (Å²) in [6.07, 6.45) is -3.31. The summed E-state index contributed by atoms with van der Waals surface area (Å²) in [6, 6.07) is 0.182. The fraction of sp³-hybridized carbons (Fsp3) is 0.931. The number of hydrogen-bond donors (Lipinski definition) is 4. The molecule has 2 fully saturated rings. The van der Waals surface area contributed by atoms with Crippen LogP contribution in [0.3, 0.4) is 0 Å². The number of hydrogen-bond acceptors (Lipinski definition) is 10. The molecule has 0 spiro atoms. The first-order valence-corrected chi connectivity index (χ1v) is 14.4. The molecule has 10 nitrogen and oxygen atoms in total. The van der Waals surface area contributed by atoms with Crippen molar-refractivity contribution in [1.82, 2.24) is 5.32 Å². The summed E-state index contributed by atoms with van der Waals surface area (Å²) in [5.41, 5.74) is -2.95. The van der Waals surface area contributed by atoms with Crippen LogP contribution in [0.25, 0.3) is 0 Å². The zero-order valence-corrected chi connectivity index (χ0v) is 25.5. The summed E-state index contributed by atoms with van der Waals surface area (Å²) in [6.45, 7) is 13.6. The Hall–Kier alpha value is -1.14. The third-order valence-corrected chi connectivity index (χ3v) is 9.15. The first-order valence-electron chi connectivity index (χ1n) is 14.4. The molecule has 2 saturated heterocycles. The number of carbonyl (C=O) groups excluding carboxylic acids is 2. The van der Waals surface area contributed by atoms with E-state index in [4.69, 9.17) is 18.9 Å². The number of esters is 1. The molecule has 0 aliphatic carbocycles. The first kappa shape index (κ1) is 34.1. The molecule has 0 radical (unpaired) electrons. The van der Waals surface area contributed by atoms with Crippen LogP contribution < -0.4 is 5.32 Å². The number of ether oxygens (including phenoxy) is 4. The van der Waals surface area contributed by atoms with Crippen molar-refractivity contribution in [2.75, 3.05) is 14.2 Å². The highest BCUT2D eigenvalue weighted by Gasteiger charge is 2.50. The number of carbonyl (C=O) groups is 2. The van der Waals surface area contributed by atoms with Gasteiger partial charge in [0.15, 0.2) is 6.29 Å². The lowest BCUT2D eigenvalue weighted by Crippen LogP contribution is -2.58. The van der Waals surface area contributed by atoms with Crippen LogP contribution in [0.15, 0.2) is 0 Å². The van der Waals surface area contributed by atoms with Crippen molar-refractivity contribution in [1.29, 1.82) is 0 Å². The molecule has 39 heavy (non-hydrogen) atoms. The van der Waals surface area contributed by atoms with Gasteiger partial charge in [-0.3, -0.25) is 9.59 Å². The van der Waals surface area contributed by atoms with E-state index in [1.165, 1.54) is 14.0 Å². The molecule has 0 aromatic rings. The number of aliphatic hydroxyl groups is 3. The molecule has 0 aromatic carbocycles. The standard InChI is InChI=1S/C29H53NO9/c1-11-21-29(8,35)25(33)17(4)23(31)15(2)14-28(7,36-10)26(18(5)24(32)19(6)27(34)38-21)39-22-13-20(30-9)12-16(3)37-22/h15-22,24-26,30,32-33,35H,11-14H2,1-10H3/t15-,16-,17+,18+,19-,20+,21-,22+,24+,25-,26-,28-,29-/m1/s1. The zero-order chi connectivity index (χ0) is 29.9. The maximum absolute atomic E-state index is 13.5. The number of aliphatic hydroxyl groups excluding tert-OH is 2. The lowest BCUT2D eigenvalue weighted by atomic mass is 9.74. The zero-order valence-electron chi connectivity index (χ0n) is 25.5. The van der Waals surface area contributed by atoms with Crippen molar-refractivity contribution in [3.63, 3.8) is 0 Å². The van der Waals surface area contributed by atoms with E-state index in [9.17, 15) is 24.9 Å². The Kier molecular flexibility index (Phi) is 11.9. The van der Waals surface area contributed by atoms with E-state index in [0.717, 1.165) is 6.42 Å². The first-order chi connectivity index (χ1) is 18.0. The van der Waals surface area contributed by atoms with Crippen LogP contribution in [0.2, 0.25) is 0 Å². The molecule has 0 saturated carbocycles. The second kappa shape index (κ2) is 13.7. The highest BCUT2D eigenvalue weighted by molar-refractivity contribution is 5.83. The van der Waals surface area contributed by atoms with Crippen molar-refractivity contribution in [3.8, 4) is 0 Å². The molecule has 0 amide bonds. The van der Waals surface area contributed by atoms with Crippen molar-refractivity contribution < 1.29 is 43.9 Å². The van der Waals surface area contributed by atoms with Crippen molar-refractivity contribution in [3.05, 3.63) is 0 Å². The third-order valence-electron chi connectivity index (χ3n) is 9.15. The number of cyclic esters (lactones) is 1. The Labute approximate surface area is 234 Å². The Morgan fingerprint density at radius 3 is 2.21 bits per heavy atom. The molecule has 2 heterocycles. The summed E-state index contributed by atoms with van der Waals surface area (Å²) in [7, 11) is 3.42. The van der Waals surface area contributed by atoms with Crippen LogP contribution in [0.4, 0.5) is 0 Å². The van der Waals surface area contributed by atoms with Gasteiger partial charge in [-0.1, -0.05) is 27.7 Å². The average Bonchev–Trinajstić information content (AvgIpc) is 2.90. The molecule has 2 rings (SSSR count). The molecule has 228 valence electrons. The lowest BCUT2D eigenvalue weighted by Gasteiger charge is -2.46. The predicted octanol–water partition coefficient (Wildman–Crippen LogP) is 2.20. The van der Waals surface area contributed by atoms with Crippen molar-refractivity contribution in [2.45, 2.75) is 135 Å². The van der Waals surface area contributed by atoms with Gasteiger partial charge in [0.1, 0.15) is 17.5 Å². The molecule has 2 aliphatic heterocycles. The highest BCUT2D eigenvalue weighted by atomic mass is 16.7. The summed E-state index contributed by atoms with van der Waals surface area (Å²) in [4.78, 5) is 26.7. The molecule has 0 unspecified atom stereocenters. The van der Waals surface area contributed by atoms with Gasteiger partial charge in [-0.2, -0.15) is 0 Å². The van der Waals surface area contributed by atoms with Gasteiger partial charge in [-0.15, -0.1) is 0 Å². The van der Waals surface area contributed by atoms with Gasteiger partial charge >= 0.3 is 5.97 Å². The van der Waals surface area contributed by atoms with E-state index in [1.807, 2.05) is 20.9 Å². The Morgan fingerprint density at radius 1 is 1.05 bits per heavy atom. The summed E-state index contributed by atoms with van der Waals surface area (Å²) >= 11 is 0. The van der Waals surface area contributed by atoms with Gasteiger partial charge < -0.3 is 39.6 Å². The van der Waals surface area contributed by atoms with Gasteiger partial charge in [-0.25, -0.2) is 0 Å². The fourth-order valence-electron chi connectivity index (χ4n) is 6.37. The maximum atomic E-state index is 13.5. The largest absolute Gasteiger partial charge is 0.459 e.